The summed E-state index contributed by atoms with van der Waals surface area (Å²) in [5, 5.41) is 20.4. The zero-order valence-corrected chi connectivity index (χ0v) is 11.0. The number of nitrogens with zero attached hydrogens (tertiary/aromatic N) is 2. The molecular formula is C15H9F3N2O2. The maximum atomic E-state index is 12.7. The number of alkyl halides is 3. The van der Waals surface area contributed by atoms with Crippen molar-refractivity contribution in [3.05, 3.63) is 75.3 Å². The van der Waals surface area contributed by atoms with Crippen LogP contribution in [0, 0.1) is 21.4 Å². The fourth-order valence-corrected chi connectivity index (χ4v) is 2.09. The molecule has 0 radical (unpaired) electrons. The molecule has 0 amide bonds. The molecule has 4 nitrogen and oxygen atoms in total. The Morgan fingerprint density at radius 3 is 2.27 bits per heavy atom. The van der Waals surface area contributed by atoms with Crippen molar-refractivity contribution in [1.29, 1.82) is 5.26 Å². The monoisotopic (exact) mass is 306 g/mol. The fraction of sp³-hybridized carbons (Fsp3) is 0.133. The zero-order valence-electron chi connectivity index (χ0n) is 11.0. The highest BCUT2D eigenvalue weighted by molar-refractivity contribution is 5.52. The highest BCUT2D eigenvalue weighted by atomic mass is 19.4. The molecule has 22 heavy (non-hydrogen) atoms. The first-order valence-corrected chi connectivity index (χ1v) is 6.14. The molecular weight excluding hydrogens is 297 g/mol. The van der Waals surface area contributed by atoms with Gasteiger partial charge in [-0.15, -0.1) is 0 Å². The fourth-order valence-electron chi connectivity index (χ4n) is 2.09. The summed E-state index contributed by atoms with van der Waals surface area (Å²) in [6.07, 6.45) is -4.68. The highest BCUT2D eigenvalue weighted by Crippen LogP contribution is 2.37. The van der Waals surface area contributed by atoms with E-state index in [4.69, 9.17) is 0 Å². The number of hydrogen-bond acceptors (Lipinski definition) is 3. The van der Waals surface area contributed by atoms with Crippen LogP contribution >= 0.6 is 0 Å². The van der Waals surface area contributed by atoms with E-state index in [0.717, 1.165) is 12.1 Å². The van der Waals surface area contributed by atoms with Crippen molar-refractivity contribution < 1.29 is 18.1 Å². The molecule has 0 saturated carbocycles. The van der Waals surface area contributed by atoms with Gasteiger partial charge in [0.15, 0.2) is 0 Å². The van der Waals surface area contributed by atoms with Crippen molar-refractivity contribution in [3.8, 4) is 6.07 Å². The Labute approximate surface area is 123 Å². The minimum absolute atomic E-state index is 0.0632. The van der Waals surface area contributed by atoms with Gasteiger partial charge in [0.2, 0.25) is 0 Å². The highest BCUT2D eigenvalue weighted by Gasteiger charge is 2.34. The van der Waals surface area contributed by atoms with Crippen molar-refractivity contribution in [3.63, 3.8) is 0 Å². The van der Waals surface area contributed by atoms with Gasteiger partial charge in [0.25, 0.3) is 5.69 Å². The number of rotatable bonds is 3. The van der Waals surface area contributed by atoms with Crippen LogP contribution in [-0.4, -0.2) is 4.92 Å². The second kappa shape index (κ2) is 5.85. The largest absolute Gasteiger partial charge is 0.416 e. The van der Waals surface area contributed by atoms with Crippen LogP contribution in [0.15, 0.2) is 48.5 Å². The minimum atomic E-state index is -4.68. The third-order valence-corrected chi connectivity index (χ3v) is 3.13. The quantitative estimate of drug-likeness (QED) is 0.628. The Bertz CT molecular complexity index is 737. The Morgan fingerprint density at radius 1 is 1.14 bits per heavy atom. The van der Waals surface area contributed by atoms with E-state index < -0.39 is 28.3 Å². The lowest BCUT2D eigenvalue weighted by molar-refractivity contribution is -0.385. The van der Waals surface area contributed by atoms with E-state index in [1.165, 1.54) is 0 Å². The summed E-state index contributed by atoms with van der Waals surface area (Å²) >= 11 is 0. The van der Waals surface area contributed by atoms with Crippen LogP contribution in [0.1, 0.15) is 22.6 Å². The van der Waals surface area contributed by atoms with Gasteiger partial charge < -0.3 is 0 Å². The van der Waals surface area contributed by atoms with Gasteiger partial charge in [0.1, 0.15) is 5.92 Å². The van der Waals surface area contributed by atoms with Gasteiger partial charge in [-0.2, -0.15) is 18.4 Å². The number of benzene rings is 2. The molecule has 0 saturated heterocycles. The van der Waals surface area contributed by atoms with Crippen LogP contribution in [0.5, 0.6) is 0 Å². The van der Waals surface area contributed by atoms with Crippen LogP contribution in [-0.2, 0) is 6.18 Å². The molecule has 0 fully saturated rings. The summed E-state index contributed by atoms with van der Waals surface area (Å²) in [7, 11) is 0. The maximum Gasteiger partial charge on any atom is 0.416 e. The van der Waals surface area contributed by atoms with Gasteiger partial charge in [-0.1, -0.05) is 30.3 Å². The molecule has 0 spiro atoms. The Kier molecular flexibility index (Phi) is 4.13. The molecule has 2 aromatic carbocycles. The molecule has 0 aromatic heterocycles. The normalized spacial score (nSPS) is 12.5. The molecule has 2 aromatic rings. The Balaban J connectivity index is 2.60. The SMILES string of the molecule is N#CC(c1ccccc1)c1ccc(C(F)(F)F)cc1[N+](=O)[O-]. The van der Waals surface area contributed by atoms with E-state index in [0.29, 0.717) is 11.6 Å². The topological polar surface area (TPSA) is 66.9 Å². The summed E-state index contributed by atoms with van der Waals surface area (Å²) < 4.78 is 38.0. The molecule has 2 rings (SSSR count). The molecule has 0 aliphatic rings. The summed E-state index contributed by atoms with van der Waals surface area (Å²) in [5.41, 5.74) is -1.42. The summed E-state index contributed by atoms with van der Waals surface area (Å²) in [5.74, 6) is -1.01. The molecule has 0 heterocycles. The second-order valence-corrected chi connectivity index (χ2v) is 4.50. The van der Waals surface area contributed by atoms with Gasteiger partial charge in [-0.3, -0.25) is 10.1 Å². The predicted octanol–water partition coefficient (Wildman–Crippen LogP) is 4.27. The second-order valence-electron chi connectivity index (χ2n) is 4.50. The zero-order chi connectivity index (χ0) is 16.3. The van der Waals surface area contributed by atoms with E-state index in [1.54, 1.807) is 30.3 Å². The van der Waals surface area contributed by atoms with Crippen LogP contribution in [0.4, 0.5) is 18.9 Å². The van der Waals surface area contributed by atoms with Crippen molar-refractivity contribution >= 4 is 5.69 Å². The molecule has 7 heteroatoms. The third-order valence-electron chi connectivity index (χ3n) is 3.13. The summed E-state index contributed by atoms with van der Waals surface area (Å²) in [4.78, 5) is 10.2. The van der Waals surface area contributed by atoms with Gasteiger partial charge >= 0.3 is 6.18 Å². The molecule has 1 unspecified atom stereocenters. The van der Waals surface area contributed by atoms with Gasteiger partial charge in [-0.25, -0.2) is 0 Å². The first-order valence-electron chi connectivity index (χ1n) is 6.14. The van der Waals surface area contributed by atoms with E-state index in [2.05, 4.69) is 0 Å². The number of hydrogen-bond donors (Lipinski definition) is 0. The van der Waals surface area contributed by atoms with Crippen molar-refractivity contribution in [1.82, 2.24) is 0 Å². The van der Waals surface area contributed by atoms with Crippen LogP contribution < -0.4 is 0 Å². The van der Waals surface area contributed by atoms with Crippen LogP contribution in [0.3, 0.4) is 0 Å². The number of halogens is 3. The molecule has 0 aliphatic heterocycles. The van der Waals surface area contributed by atoms with E-state index in [1.807, 2.05) is 6.07 Å². The lowest BCUT2D eigenvalue weighted by Crippen LogP contribution is -2.09. The van der Waals surface area contributed by atoms with Crippen LogP contribution in [0.2, 0.25) is 0 Å². The van der Waals surface area contributed by atoms with E-state index in [9.17, 15) is 28.5 Å². The first-order chi connectivity index (χ1) is 10.3. The minimum Gasteiger partial charge on any atom is -0.258 e. The molecule has 112 valence electrons. The average Bonchev–Trinajstić information content (AvgIpc) is 2.48. The summed E-state index contributed by atoms with van der Waals surface area (Å²) in [6.45, 7) is 0. The van der Waals surface area contributed by atoms with E-state index >= 15 is 0 Å². The number of nitro groups is 1. The van der Waals surface area contributed by atoms with Crippen molar-refractivity contribution in [2.45, 2.75) is 12.1 Å². The molecule has 0 N–H and O–H groups in total. The number of nitro benzene ring substituents is 1. The Morgan fingerprint density at radius 2 is 1.77 bits per heavy atom. The standard InChI is InChI=1S/C15H9F3N2O2/c16-15(17,18)11-6-7-12(14(8-11)20(21)22)13(9-19)10-4-2-1-3-5-10/h1-8,13H. The van der Waals surface area contributed by atoms with Gasteiger partial charge in [0.05, 0.1) is 22.1 Å². The van der Waals surface area contributed by atoms with Crippen molar-refractivity contribution in [2.75, 3.05) is 0 Å². The Hall–Kier alpha value is -2.88. The maximum absolute atomic E-state index is 12.7. The molecule has 1 atom stereocenters. The van der Waals surface area contributed by atoms with Gasteiger partial charge in [0, 0.05) is 6.07 Å². The van der Waals surface area contributed by atoms with E-state index in [-0.39, 0.29) is 5.56 Å². The number of nitriles is 1. The summed E-state index contributed by atoms with van der Waals surface area (Å²) in [6, 6.07) is 12.3. The predicted molar refractivity (Wildman–Crippen MR) is 72.0 cm³/mol. The average molecular weight is 306 g/mol. The first kappa shape index (κ1) is 15.5. The van der Waals surface area contributed by atoms with Gasteiger partial charge in [-0.05, 0) is 17.7 Å². The lowest BCUT2D eigenvalue weighted by atomic mass is 9.90. The lowest BCUT2D eigenvalue weighted by Gasteiger charge is -2.12. The third kappa shape index (κ3) is 3.06. The molecule has 0 aliphatic carbocycles. The molecule has 0 bridgehead atoms. The van der Waals surface area contributed by atoms with Crippen molar-refractivity contribution in [2.24, 2.45) is 0 Å². The smallest absolute Gasteiger partial charge is 0.258 e. The van der Waals surface area contributed by atoms with Crippen LogP contribution in [0.25, 0.3) is 0 Å².